The van der Waals surface area contributed by atoms with Gasteiger partial charge in [-0.25, -0.2) is 17.5 Å². The minimum atomic E-state index is -3.66. The smallest absolute Gasteiger partial charge is 0.255 e. The maximum Gasteiger partial charge on any atom is 0.255 e. The van der Waals surface area contributed by atoms with Gasteiger partial charge in [0.25, 0.3) is 5.91 Å². The number of benzene rings is 2. The van der Waals surface area contributed by atoms with Gasteiger partial charge in [-0.15, -0.1) is 5.10 Å². The van der Waals surface area contributed by atoms with Crippen LogP contribution in [0.4, 0.5) is 10.1 Å². The third kappa shape index (κ3) is 4.69. The second-order valence-corrected chi connectivity index (χ2v) is 8.43. The van der Waals surface area contributed by atoms with E-state index < -0.39 is 21.7 Å². The number of hydrogen-bond donors (Lipinski definition) is 2. The van der Waals surface area contributed by atoms with Gasteiger partial charge in [0.2, 0.25) is 10.0 Å². The number of nitrogens with zero attached hydrogens (tertiary/aromatic N) is 4. The van der Waals surface area contributed by atoms with E-state index in [0.29, 0.717) is 17.9 Å². The van der Waals surface area contributed by atoms with Crippen LogP contribution in [0.15, 0.2) is 47.4 Å². The van der Waals surface area contributed by atoms with Crippen molar-refractivity contribution < 1.29 is 17.6 Å². The Hall–Kier alpha value is -3.18. The molecule has 11 heteroatoms. The number of sulfonamides is 1. The van der Waals surface area contributed by atoms with Crippen molar-refractivity contribution in [3.05, 3.63) is 59.7 Å². The first kappa shape index (κ1) is 21.5. The van der Waals surface area contributed by atoms with Crippen LogP contribution in [0.5, 0.6) is 0 Å². The summed E-state index contributed by atoms with van der Waals surface area (Å²) in [6, 6.07) is 9.36. The average molecular weight is 432 g/mol. The third-order valence-corrected chi connectivity index (χ3v) is 6.06. The fourth-order valence-electron chi connectivity index (χ4n) is 2.61. The molecule has 158 valence electrons. The number of rotatable bonds is 7. The van der Waals surface area contributed by atoms with E-state index in [9.17, 15) is 17.6 Å². The Morgan fingerprint density at radius 2 is 1.90 bits per heavy atom. The summed E-state index contributed by atoms with van der Waals surface area (Å²) in [4.78, 5) is 12.6. The molecule has 9 nitrogen and oxygen atoms in total. The zero-order valence-corrected chi connectivity index (χ0v) is 17.4. The highest BCUT2D eigenvalue weighted by molar-refractivity contribution is 7.89. The maximum absolute atomic E-state index is 14.2. The number of amides is 1. The molecular weight excluding hydrogens is 411 g/mol. The van der Waals surface area contributed by atoms with Crippen molar-refractivity contribution in [2.24, 2.45) is 0 Å². The van der Waals surface area contributed by atoms with Gasteiger partial charge in [0, 0.05) is 17.3 Å². The highest BCUT2D eigenvalue weighted by Gasteiger charge is 2.17. The Morgan fingerprint density at radius 3 is 2.50 bits per heavy atom. The van der Waals surface area contributed by atoms with Gasteiger partial charge >= 0.3 is 0 Å². The van der Waals surface area contributed by atoms with Crippen LogP contribution in [0.25, 0.3) is 5.69 Å². The maximum atomic E-state index is 14.2. The molecule has 1 unspecified atom stereocenters. The van der Waals surface area contributed by atoms with Crippen LogP contribution in [0, 0.1) is 12.7 Å². The standard InChI is InChI=1S/C19H21FN6O3S/c1-4-12(2)23-30(28,29)16-8-5-14(6-9-16)19(27)21-15-7-10-17(20)18(11-15)26-13(3)22-24-25-26/h5-12,23H,4H2,1-3H3,(H,21,27). The van der Waals surface area contributed by atoms with Crippen molar-refractivity contribution in [1.82, 2.24) is 24.9 Å². The first-order valence-corrected chi connectivity index (χ1v) is 10.7. The zero-order chi connectivity index (χ0) is 21.9. The lowest BCUT2D eigenvalue weighted by Crippen LogP contribution is -2.32. The quantitative estimate of drug-likeness (QED) is 0.592. The summed E-state index contributed by atoms with van der Waals surface area (Å²) in [6.45, 7) is 5.27. The van der Waals surface area contributed by atoms with Crippen molar-refractivity contribution >= 4 is 21.6 Å². The SMILES string of the molecule is CCC(C)NS(=O)(=O)c1ccc(C(=O)Nc2ccc(F)c(-n3nnnc3C)c2)cc1. The van der Waals surface area contributed by atoms with Gasteiger partial charge in [0.15, 0.2) is 5.82 Å². The molecule has 3 aromatic rings. The van der Waals surface area contributed by atoms with Gasteiger partial charge in [-0.05, 0) is 73.2 Å². The summed E-state index contributed by atoms with van der Waals surface area (Å²) in [6.07, 6.45) is 0.656. The van der Waals surface area contributed by atoms with Crippen LogP contribution in [-0.4, -0.2) is 40.6 Å². The number of carbonyl (C=O) groups excluding carboxylic acids is 1. The molecule has 1 atom stereocenters. The first-order valence-electron chi connectivity index (χ1n) is 9.20. The van der Waals surface area contributed by atoms with E-state index in [-0.39, 0.29) is 22.2 Å². The van der Waals surface area contributed by atoms with E-state index in [2.05, 4.69) is 25.6 Å². The molecule has 0 spiro atoms. The summed E-state index contributed by atoms with van der Waals surface area (Å²) in [5.74, 6) is -0.633. The molecule has 0 fully saturated rings. The van der Waals surface area contributed by atoms with E-state index in [4.69, 9.17) is 0 Å². The molecule has 0 radical (unpaired) electrons. The monoisotopic (exact) mass is 432 g/mol. The number of halogens is 1. The molecule has 2 N–H and O–H groups in total. The van der Waals surface area contributed by atoms with Crippen molar-refractivity contribution in [3.63, 3.8) is 0 Å². The summed E-state index contributed by atoms with van der Waals surface area (Å²) < 4.78 is 42.6. The number of nitrogens with one attached hydrogen (secondary N) is 2. The number of anilines is 1. The first-order chi connectivity index (χ1) is 14.2. The molecule has 2 aromatic carbocycles. The zero-order valence-electron chi connectivity index (χ0n) is 16.6. The van der Waals surface area contributed by atoms with Crippen LogP contribution in [0.2, 0.25) is 0 Å². The topological polar surface area (TPSA) is 119 Å². The minimum Gasteiger partial charge on any atom is -0.322 e. The summed E-state index contributed by atoms with van der Waals surface area (Å²) in [5.41, 5.74) is 0.677. The van der Waals surface area contributed by atoms with Crippen molar-refractivity contribution in [2.45, 2.75) is 38.1 Å². The van der Waals surface area contributed by atoms with Gasteiger partial charge < -0.3 is 5.32 Å². The fraction of sp³-hybridized carbons (Fsp3) is 0.263. The van der Waals surface area contributed by atoms with Gasteiger partial charge in [0.1, 0.15) is 11.5 Å². The van der Waals surface area contributed by atoms with Crippen LogP contribution >= 0.6 is 0 Å². The number of hydrogen-bond acceptors (Lipinski definition) is 6. The van der Waals surface area contributed by atoms with E-state index >= 15 is 0 Å². The highest BCUT2D eigenvalue weighted by Crippen LogP contribution is 2.20. The van der Waals surface area contributed by atoms with Gasteiger partial charge in [0.05, 0.1) is 4.90 Å². The predicted octanol–water partition coefficient (Wildman–Crippen LogP) is 2.44. The lowest BCUT2D eigenvalue weighted by atomic mass is 10.2. The van der Waals surface area contributed by atoms with Gasteiger partial charge in [-0.1, -0.05) is 6.92 Å². The van der Waals surface area contributed by atoms with Crippen LogP contribution in [0.1, 0.15) is 36.5 Å². The van der Waals surface area contributed by atoms with Crippen LogP contribution < -0.4 is 10.0 Å². The van der Waals surface area contributed by atoms with Crippen molar-refractivity contribution in [3.8, 4) is 5.69 Å². The third-order valence-electron chi connectivity index (χ3n) is 4.45. The van der Waals surface area contributed by atoms with Gasteiger partial charge in [-0.3, -0.25) is 4.79 Å². The lowest BCUT2D eigenvalue weighted by molar-refractivity contribution is 0.102. The molecule has 0 saturated carbocycles. The Labute approximate surface area is 173 Å². The number of carbonyl (C=O) groups is 1. The van der Waals surface area contributed by atoms with E-state index in [1.165, 1.54) is 47.1 Å². The van der Waals surface area contributed by atoms with E-state index in [0.717, 1.165) is 0 Å². The summed E-state index contributed by atoms with van der Waals surface area (Å²) >= 11 is 0. The molecule has 1 amide bonds. The van der Waals surface area contributed by atoms with Crippen LogP contribution in [0.3, 0.4) is 0 Å². The number of tetrazole rings is 1. The largest absolute Gasteiger partial charge is 0.322 e. The Morgan fingerprint density at radius 1 is 1.20 bits per heavy atom. The molecule has 1 aromatic heterocycles. The summed E-state index contributed by atoms with van der Waals surface area (Å²) in [5, 5.41) is 13.6. The molecule has 0 bridgehead atoms. The Balaban J connectivity index is 1.78. The molecule has 3 rings (SSSR count). The summed E-state index contributed by atoms with van der Waals surface area (Å²) in [7, 11) is -3.66. The molecule has 1 heterocycles. The predicted molar refractivity (Wildman–Crippen MR) is 108 cm³/mol. The number of aromatic nitrogens is 4. The van der Waals surface area contributed by atoms with E-state index in [1.807, 2.05) is 6.92 Å². The lowest BCUT2D eigenvalue weighted by Gasteiger charge is -2.12. The fourth-order valence-corrected chi connectivity index (χ4v) is 3.94. The Kier molecular flexibility index (Phi) is 6.22. The highest BCUT2D eigenvalue weighted by atomic mass is 32.2. The molecule has 0 aliphatic rings. The van der Waals surface area contributed by atoms with E-state index in [1.54, 1.807) is 13.8 Å². The molecular formula is C19H21FN6O3S. The second kappa shape index (κ2) is 8.67. The normalized spacial score (nSPS) is 12.5. The minimum absolute atomic E-state index is 0.0672. The molecule has 30 heavy (non-hydrogen) atoms. The Bertz CT molecular complexity index is 1160. The van der Waals surface area contributed by atoms with Crippen molar-refractivity contribution in [1.29, 1.82) is 0 Å². The van der Waals surface area contributed by atoms with Crippen molar-refractivity contribution in [2.75, 3.05) is 5.32 Å². The molecule has 0 aliphatic heterocycles. The molecule has 0 aliphatic carbocycles. The average Bonchev–Trinajstić information content (AvgIpc) is 3.14. The van der Waals surface area contributed by atoms with Crippen LogP contribution in [-0.2, 0) is 10.0 Å². The molecule has 0 saturated heterocycles. The van der Waals surface area contributed by atoms with Gasteiger partial charge in [-0.2, -0.15) is 4.68 Å². The number of aryl methyl sites for hydroxylation is 1. The second-order valence-electron chi connectivity index (χ2n) is 6.71.